The minimum atomic E-state index is 1.05. The van der Waals surface area contributed by atoms with Crippen molar-refractivity contribution >= 4 is 24.4 Å². The van der Waals surface area contributed by atoms with Gasteiger partial charge >= 0.3 is 0 Å². The molecule has 0 aliphatic carbocycles. The summed E-state index contributed by atoms with van der Waals surface area (Å²) < 4.78 is 0. The van der Waals surface area contributed by atoms with Gasteiger partial charge in [0.25, 0.3) is 0 Å². The zero-order valence-corrected chi connectivity index (χ0v) is 9.38. The number of unbranched alkanes of at least 4 members (excludes halogenated alkanes) is 2. The molecule has 1 saturated heterocycles. The van der Waals surface area contributed by atoms with E-state index in [9.17, 15) is 0 Å². The minimum absolute atomic E-state index is 1.05. The molecule has 0 amide bonds. The lowest BCUT2D eigenvalue weighted by Crippen LogP contribution is -2.33. The molecule has 1 fully saturated rings. The van der Waals surface area contributed by atoms with Gasteiger partial charge in [-0.3, -0.25) is 0 Å². The second-order valence-electron chi connectivity index (χ2n) is 3.24. The Hall–Kier alpha value is 0.660. The second-order valence-corrected chi connectivity index (χ2v) is 4.91. The largest absolute Gasteiger partial charge is 0.302 e. The lowest BCUT2D eigenvalue weighted by molar-refractivity contribution is 0.295. The molecule has 0 unspecified atom stereocenters. The molecule has 72 valence electrons. The van der Waals surface area contributed by atoms with Gasteiger partial charge in [0.15, 0.2) is 0 Å². The van der Waals surface area contributed by atoms with E-state index in [2.05, 4.69) is 29.3 Å². The van der Waals surface area contributed by atoms with Gasteiger partial charge < -0.3 is 4.90 Å². The van der Waals surface area contributed by atoms with Gasteiger partial charge in [0, 0.05) is 24.6 Å². The molecule has 1 aliphatic rings. The molecular weight excluding hydrogens is 186 g/mol. The van der Waals surface area contributed by atoms with Gasteiger partial charge in [-0.25, -0.2) is 0 Å². The van der Waals surface area contributed by atoms with Gasteiger partial charge in [0.2, 0.25) is 0 Å². The molecule has 3 heteroatoms. The number of thioether (sulfide) groups is 1. The predicted octanol–water partition coefficient (Wildman–Crippen LogP) is 2.14. The summed E-state index contributed by atoms with van der Waals surface area (Å²) in [6.07, 6.45) is 4.00. The number of thiol groups is 1. The van der Waals surface area contributed by atoms with E-state index in [1.165, 1.54) is 50.4 Å². The van der Waals surface area contributed by atoms with Crippen LogP contribution < -0.4 is 0 Å². The zero-order valence-electron chi connectivity index (χ0n) is 7.67. The van der Waals surface area contributed by atoms with E-state index in [1.807, 2.05) is 0 Å². The Bertz CT molecular complexity index is 103. The molecule has 0 N–H and O–H groups in total. The fourth-order valence-electron chi connectivity index (χ4n) is 1.45. The quantitative estimate of drug-likeness (QED) is 0.541. The summed E-state index contributed by atoms with van der Waals surface area (Å²) in [5, 5.41) is 0. The van der Waals surface area contributed by atoms with E-state index in [0.717, 1.165) is 5.75 Å². The van der Waals surface area contributed by atoms with Crippen LogP contribution in [0.1, 0.15) is 19.3 Å². The first-order valence-electron chi connectivity index (χ1n) is 4.84. The monoisotopic (exact) mass is 205 g/mol. The van der Waals surface area contributed by atoms with Gasteiger partial charge in [-0.2, -0.15) is 24.4 Å². The lowest BCUT2D eigenvalue weighted by atomic mass is 10.2. The Kier molecular flexibility index (Phi) is 6.35. The molecule has 0 spiro atoms. The Morgan fingerprint density at radius 3 is 2.50 bits per heavy atom. The fourth-order valence-corrected chi connectivity index (χ4v) is 2.65. The van der Waals surface area contributed by atoms with Crippen molar-refractivity contribution < 1.29 is 0 Å². The Labute approximate surface area is 85.7 Å². The van der Waals surface area contributed by atoms with Crippen molar-refractivity contribution in [1.82, 2.24) is 4.90 Å². The van der Waals surface area contributed by atoms with Crippen LogP contribution in [0.15, 0.2) is 0 Å². The van der Waals surface area contributed by atoms with Crippen LogP contribution in [-0.4, -0.2) is 41.8 Å². The normalized spacial score (nSPS) is 19.8. The summed E-state index contributed by atoms with van der Waals surface area (Å²) in [6, 6.07) is 0. The van der Waals surface area contributed by atoms with E-state index in [1.54, 1.807) is 0 Å². The van der Waals surface area contributed by atoms with Crippen molar-refractivity contribution in [1.29, 1.82) is 0 Å². The molecule has 0 saturated carbocycles. The van der Waals surface area contributed by atoms with Crippen molar-refractivity contribution in [2.45, 2.75) is 19.3 Å². The standard InChI is InChI=1S/C9H19NS2/c11-7-3-1-2-4-10-5-8-12-9-6-10/h11H,1-9H2. The van der Waals surface area contributed by atoms with Crippen LogP contribution in [-0.2, 0) is 0 Å². The summed E-state index contributed by atoms with van der Waals surface area (Å²) in [6.45, 7) is 3.94. The van der Waals surface area contributed by atoms with E-state index in [0.29, 0.717) is 0 Å². The number of rotatable bonds is 5. The minimum Gasteiger partial charge on any atom is -0.302 e. The molecule has 0 bridgehead atoms. The van der Waals surface area contributed by atoms with E-state index < -0.39 is 0 Å². The Morgan fingerprint density at radius 1 is 1.08 bits per heavy atom. The summed E-state index contributed by atoms with van der Waals surface area (Å²) in [5.41, 5.74) is 0. The van der Waals surface area contributed by atoms with Gasteiger partial charge in [-0.05, 0) is 25.1 Å². The van der Waals surface area contributed by atoms with E-state index >= 15 is 0 Å². The molecular formula is C9H19NS2. The number of hydrogen-bond acceptors (Lipinski definition) is 3. The molecule has 1 aliphatic heterocycles. The summed E-state index contributed by atoms with van der Waals surface area (Å²) in [7, 11) is 0. The van der Waals surface area contributed by atoms with Crippen LogP contribution in [0.5, 0.6) is 0 Å². The van der Waals surface area contributed by atoms with Crippen LogP contribution in [0, 0.1) is 0 Å². The van der Waals surface area contributed by atoms with Gasteiger partial charge in [0.05, 0.1) is 0 Å². The van der Waals surface area contributed by atoms with Crippen molar-refractivity contribution in [2.24, 2.45) is 0 Å². The van der Waals surface area contributed by atoms with Crippen LogP contribution in [0.2, 0.25) is 0 Å². The maximum Gasteiger partial charge on any atom is 0.00727 e. The first-order valence-corrected chi connectivity index (χ1v) is 6.63. The average Bonchev–Trinajstić information content (AvgIpc) is 2.14. The number of hydrogen-bond donors (Lipinski definition) is 1. The molecule has 1 rings (SSSR count). The maximum absolute atomic E-state index is 4.20. The second kappa shape index (κ2) is 7.10. The van der Waals surface area contributed by atoms with Crippen LogP contribution in [0.3, 0.4) is 0 Å². The van der Waals surface area contributed by atoms with Crippen LogP contribution in [0.4, 0.5) is 0 Å². The Morgan fingerprint density at radius 2 is 1.83 bits per heavy atom. The summed E-state index contributed by atoms with van der Waals surface area (Å²) in [5.74, 6) is 3.73. The first kappa shape index (κ1) is 10.7. The third kappa shape index (κ3) is 4.63. The van der Waals surface area contributed by atoms with Crippen LogP contribution >= 0.6 is 24.4 Å². The highest BCUT2D eigenvalue weighted by molar-refractivity contribution is 7.99. The third-order valence-corrected chi connectivity index (χ3v) is 3.49. The molecule has 0 aromatic carbocycles. The highest BCUT2D eigenvalue weighted by Crippen LogP contribution is 2.10. The third-order valence-electron chi connectivity index (χ3n) is 2.24. The van der Waals surface area contributed by atoms with Crippen molar-refractivity contribution in [3.63, 3.8) is 0 Å². The highest BCUT2D eigenvalue weighted by atomic mass is 32.2. The topological polar surface area (TPSA) is 3.24 Å². The average molecular weight is 205 g/mol. The van der Waals surface area contributed by atoms with Crippen molar-refractivity contribution in [3.8, 4) is 0 Å². The molecule has 0 atom stereocenters. The van der Waals surface area contributed by atoms with Gasteiger partial charge in [-0.1, -0.05) is 6.42 Å². The SMILES string of the molecule is SCCCCCN1CCSCC1. The molecule has 12 heavy (non-hydrogen) atoms. The fraction of sp³-hybridized carbons (Fsp3) is 1.00. The van der Waals surface area contributed by atoms with E-state index in [4.69, 9.17) is 0 Å². The van der Waals surface area contributed by atoms with Gasteiger partial charge in [0.1, 0.15) is 0 Å². The Balaban J connectivity index is 1.91. The maximum atomic E-state index is 4.20. The van der Waals surface area contributed by atoms with Crippen molar-refractivity contribution in [3.05, 3.63) is 0 Å². The van der Waals surface area contributed by atoms with Gasteiger partial charge in [-0.15, -0.1) is 0 Å². The van der Waals surface area contributed by atoms with E-state index in [-0.39, 0.29) is 0 Å². The molecule has 1 nitrogen and oxygen atoms in total. The van der Waals surface area contributed by atoms with Crippen molar-refractivity contribution in [2.75, 3.05) is 36.9 Å². The number of nitrogens with zero attached hydrogens (tertiary/aromatic N) is 1. The smallest absolute Gasteiger partial charge is 0.00727 e. The molecule has 1 heterocycles. The zero-order chi connectivity index (χ0) is 8.65. The molecule has 0 radical (unpaired) electrons. The summed E-state index contributed by atoms with van der Waals surface area (Å²) in [4.78, 5) is 2.59. The lowest BCUT2D eigenvalue weighted by Gasteiger charge is -2.25. The molecule has 0 aromatic rings. The van der Waals surface area contributed by atoms with Crippen LogP contribution in [0.25, 0.3) is 0 Å². The molecule has 0 aromatic heterocycles. The summed E-state index contributed by atoms with van der Waals surface area (Å²) >= 11 is 6.29. The highest BCUT2D eigenvalue weighted by Gasteiger charge is 2.08. The first-order chi connectivity index (χ1) is 5.93. The predicted molar refractivity (Wildman–Crippen MR) is 61.5 cm³/mol.